The van der Waals surface area contributed by atoms with Gasteiger partial charge in [0.15, 0.2) is 0 Å². The van der Waals surface area contributed by atoms with Crippen LogP contribution in [0.15, 0.2) is 23.1 Å². The number of likely N-dealkylation sites (N-methyl/N-ethyl adjacent to an activating group) is 1. The molecule has 0 radical (unpaired) electrons. The average molecular weight is 305 g/mol. The number of halogens is 1. The molecule has 1 unspecified atom stereocenters. The standard InChI is InChI=1S/C13H20N2O2S.ClH/c1-10-4-5-13(11(2)8-10)18(16,17)15-7-6-12(9-15)14-3;/h4-5,8,12,14H,6-7,9H2,1-3H3;1H. The van der Waals surface area contributed by atoms with E-state index in [-0.39, 0.29) is 18.4 Å². The first kappa shape index (κ1) is 16.4. The molecular formula is C13H21ClN2O2S. The Morgan fingerprint density at radius 1 is 1.32 bits per heavy atom. The summed E-state index contributed by atoms with van der Waals surface area (Å²) in [5, 5.41) is 3.14. The molecule has 108 valence electrons. The topological polar surface area (TPSA) is 49.4 Å². The molecule has 19 heavy (non-hydrogen) atoms. The van der Waals surface area contributed by atoms with Crippen LogP contribution >= 0.6 is 12.4 Å². The van der Waals surface area contributed by atoms with Gasteiger partial charge in [0.2, 0.25) is 10.0 Å². The summed E-state index contributed by atoms with van der Waals surface area (Å²) in [6.45, 7) is 4.98. The fourth-order valence-corrected chi connectivity index (χ4v) is 4.12. The number of nitrogens with zero attached hydrogens (tertiary/aromatic N) is 1. The smallest absolute Gasteiger partial charge is 0.243 e. The zero-order valence-electron chi connectivity index (χ0n) is 11.5. The second-order valence-electron chi connectivity index (χ2n) is 4.91. The zero-order valence-corrected chi connectivity index (χ0v) is 13.1. The Morgan fingerprint density at radius 2 is 2.00 bits per heavy atom. The second kappa shape index (κ2) is 6.22. The lowest BCUT2D eigenvalue weighted by Gasteiger charge is -2.18. The first-order chi connectivity index (χ1) is 8.45. The summed E-state index contributed by atoms with van der Waals surface area (Å²) < 4.78 is 26.6. The largest absolute Gasteiger partial charge is 0.316 e. The summed E-state index contributed by atoms with van der Waals surface area (Å²) in [4.78, 5) is 0.435. The van der Waals surface area contributed by atoms with Gasteiger partial charge in [-0.3, -0.25) is 0 Å². The summed E-state index contributed by atoms with van der Waals surface area (Å²) in [6.07, 6.45) is 0.876. The first-order valence-corrected chi connectivity index (χ1v) is 7.64. The third-order valence-corrected chi connectivity index (χ3v) is 5.53. The third-order valence-electron chi connectivity index (χ3n) is 3.51. The van der Waals surface area contributed by atoms with Crippen molar-refractivity contribution in [1.29, 1.82) is 0 Å². The molecule has 1 aromatic carbocycles. The molecule has 2 rings (SSSR count). The highest BCUT2D eigenvalue weighted by molar-refractivity contribution is 7.89. The normalized spacial score (nSPS) is 20.3. The van der Waals surface area contributed by atoms with E-state index in [9.17, 15) is 8.42 Å². The van der Waals surface area contributed by atoms with Gasteiger partial charge in [-0.15, -0.1) is 12.4 Å². The van der Waals surface area contributed by atoms with Gasteiger partial charge in [0.05, 0.1) is 4.90 Å². The number of hydrogen-bond donors (Lipinski definition) is 1. The average Bonchev–Trinajstić information content (AvgIpc) is 2.77. The molecule has 1 aromatic rings. The van der Waals surface area contributed by atoms with E-state index in [0.717, 1.165) is 17.5 Å². The maximum Gasteiger partial charge on any atom is 0.243 e. The molecule has 0 amide bonds. The van der Waals surface area contributed by atoms with Gasteiger partial charge in [-0.2, -0.15) is 4.31 Å². The molecule has 1 fully saturated rings. The molecule has 0 bridgehead atoms. The monoisotopic (exact) mass is 304 g/mol. The van der Waals surface area contributed by atoms with E-state index in [1.807, 2.05) is 33.0 Å². The lowest BCUT2D eigenvalue weighted by molar-refractivity contribution is 0.464. The highest BCUT2D eigenvalue weighted by atomic mass is 35.5. The van der Waals surface area contributed by atoms with Gasteiger partial charge < -0.3 is 5.32 Å². The molecule has 0 saturated carbocycles. The van der Waals surface area contributed by atoms with Crippen LogP contribution in [0.1, 0.15) is 17.5 Å². The van der Waals surface area contributed by atoms with Gasteiger partial charge in [-0.25, -0.2) is 8.42 Å². The summed E-state index contributed by atoms with van der Waals surface area (Å²) in [5.41, 5.74) is 1.91. The Hall–Kier alpha value is -0.620. The van der Waals surface area contributed by atoms with E-state index in [1.165, 1.54) is 0 Å². The van der Waals surface area contributed by atoms with Gasteiger partial charge in [0, 0.05) is 19.1 Å². The SMILES string of the molecule is CNC1CCN(S(=O)(=O)c2ccc(C)cc2C)C1.Cl. The van der Waals surface area contributed by atoms with Crippen LogP contribution < -0.4 is 5.32 Å². The Kier molecular flexibility index (Phi) is 5.38. The molecule has 1 saturated heterocycles. The van der Waals surface area contributed by atoms with Crippen molar-refractivity contribution in [2.45, 2.75) is 31.2 Å². The molecule has 1 aliphatic heterocycles. The lowest BCUT2D eigenvalue weighted by Crippen LogP contribution is -2.33. The maximum atomic E-state index is 12.5. The molecule has 1 aliphatic rings. The van der Waals surface area contributed by atoms with E-state index in [0.29, 0.717) is 18.0 Å². The van der Waals surface area contributed by atoms with Gasteiger partial charge in [-0.05, 0) is 38.9 Å². The molecule has 4 nitrogen and oxygen atoms in total. The van der Waals surface area contributed by atoms with Gasteiger partial charge in [0.1, 0.15) is 0 Å². The fourth-order valence-electron chi connectivity index (χ4n) is 2.41. The number of benzene rings is 1. The summed E-state index contributed by atoms with van der Waals surface area (Å²) in [6, 6.07) is 5.75. The number of nitrogens with one attached hydrogen (secondary N) is 1. The predicted octanol–water partition coefficient (Wildman–Crippen LogP) is 1.71. The Labute approximate surface area is 121 Å². The predicted molar refractivity (Wildman–Crippen MR) is 79.4 cm³/mol. The molecule has 1 N–H and O–H groups in total. The van der Waals surface area contributed by atoms with E-state index in [1.54, 1.807) is 10.4 Å². The number of aryl methyl sites for hydroxylation is 2. The van der Waals surface area contributed by atoms with Gasteiger partial charge in [-0.1, -0.05) is 17.7 Å². The van der Waals surface area contributed by atoms with Crippen LogP contribution in [0.2, 0.25) is 0 Å². The van der Waals surface area contributed by atoms with Crippen LogP contribution in [0.5, 0.6) is 0 Å². The first-order valence-electron chi connectivity index (χ1n) is 6.20. The van der Waals surface area contributed by atoms with Crippen molar-refractivity contribution in [3.63, 3.8) is 0 Å². The van der Waals surface area contributed by atoms with E-state index < -0.39 is 10.0 Å². The maximum absolute atomic E-state index is 12.5. The van der Waals surface area contributed by atoms with Crippen molar-refractivity contribution < 1.29 is 8.42 Å². The van der Waals surface area contributed by atoms with Crippen molar-refractivity contribution in [1.82, 2.24) is 9.62 Å². The Balaban J connectivity index is 0.00000180. The van der Waals surface area contributed by atoms with Gasteiger partial charge >= 0.3 is 0 Å². The van der Waals surface area contributed by atoms with Crippen LogP contribution in [0.25, 0.3) is 0 Å². The van der Waals surface area contributed by atoms with Crippen LogP contribution in [-0.4, -0.2) is 38.9 Å². The minimum Gasteiger partial charge on any atom is -0.316 e. The number of rotatable bonds is 3. The second-order valence-corrected chi connectivity index (χ2v) is 6.81. The van der Waals surface area contributed by atoms with Crippen molar-refractivity contribution in [3.8, 4) is 0 Å². The molecule has 0 aromatic heterocycles. The van der Waals surface area contributed by atoms with Crippen LogP contribution in [0, 0.1) is 13.8 Å². The number of hydrogen-bond acceptors (Lipinski definition) is 3. The molecule has 1 atom stereocenters. The quantitative estimate of drug-likeness (QED) is 0.925. The van der Waals surface area contributed by atoms with Crippen LogP contribution in [0.4, 0.5) is 0 Å². The molecule has 6 heteroatoms. The minimum absolute atomic E-state index is 0. The van der Waals surface area contributed by atoms with Crippen molar-refractivity contribution in [3.05, 3.63) is 29.3 Å². The van der Waals surface area contributed by atoms with E-state index in [4.69, 9.17) is 0 Å². The highest BCUT2D eigenvalue weighted by Gasteiger charge is 2.32. The molecule has 0 spiro atoms. The third kappa shape index (κ3) is 3.28. The van der Waals surface area contributed by atoms with Crippen LogP contribution in [0.3, 0.4) is 0 Å². The van der Waals surface area contributed by atoms with Crippen LogP contribution in [-0.2, 0) is 10.0 Å². The molecular weight excluding hydrogens is 284 g/mol. The summed E-state index contributed by atoms with van der Waals surface area (Å²) >= 11 is 0. The van der Waals surface area contributed by atoms with Crippen molar-refractivity contribution in [2.75, 3.05) is 20.1 Å². The Bertz CT molecular complexity index is 546. The van der Waals surface area contributed by atoms with Crippen molar-refractivity contribution >= 4 is 22.4 Å². The summed E-state index contributed by atoms with van der Waals surface area (Å²) in [5.74, 6) is 0. The molecule has 1 heterocycles. The van der Waals surface area contributed by atoms with E-state index in [2.05, 4.69) is 5.32 Å². The lowest BCUT2D eigenvalue weighted by atomic mass is 10.2. The van der Waals surface area contributed by atoms with Crippen molar-refractivity contribution in [2.24, 2.45) is 0 Å². The minimum atomic E-state index is -3.34. The Morgan fingerprint density at radius 3 is 2.53 bits per heavy atom. The highest BCUT2D eigenvalue weighted by Crippen LogP contribution is 2.24. The summed E-state index contributed by atoms with van der Waals surface area (Å²) in [7, 11) is -1.46. The molecule has 0 aliphatic carbocycles. The number of sulfonamides is 1. The fraction of sp³-hybridized carbons (Fsp3) is 0.538. The van der Waals surface area contributed by atoms with E-state index >= 15 is 0 Å². The van der Waals surface area contributed by atoms with Gasteiger partial charge in [0.25, 0.3) is 0 Å². The zero-order chi connectivity index (χ0) is 13.3.